The number of amides is 1. The molecule has 0 aliphatic carbocycles. The van der Waals surface area contributed by atoms with Crippen molar-refractivity contribution in [3.05, 3.63) is 53.1 Å². The van der Waals surface area contributed by atoms with Crippen LogP contribution in [0.3, 0.4) is 0 Å². The second kappa shape index (κ2) is 11.0. The number of carbonyl (C=O) groups is 1. The van der Waals surface area contributed by atoms with E-state index in [-0.39, 0.29) is 24.4 Å². The molecule has 1 aromatic heterocycles. The number of ether oxygens (including phenoxy) is 1. The van der Waals surface area contributed by atoms with Crippen molar-refractivity contribution in [3.8, 4) is 5.75 Å². The van der Waals surface area contributed by atoms with Gasteiger partial charge >= 0.3 is 0 Å². The van der Waals surface area contributed by atoms with Gasteiger partial charge in [-0.3, -0.25) is 9.69 Å². The number of hydrogen-bond donors (Lipinski definition) is 0. The molecule has 0 unspecified atom stereocenters. The average molecular weight is 468 g/mol. The summed E-state index contributed by atoms with van der Waals surface area (Å²) in [6.45, 7) is 5.42. The van der Waals surface area contributed by atoms with E-state index in [2.05, 4.69) is 9.88 Å². The van der Waals surface area contributed by atoms with Crippen LogP contribution < -0.4 is 9.64 Å². The number of rotatable bonds is 8. The minimum absolute atomic E-state index is 0. The number of carbonyl (C=O) groups excluding carboxylic acids is 1. The average Bonchev–Trinajstić information content (AvgIpc) is 3.10. The molecule has 0 N–H and O–H groups in total. The van der Waals surface area contributed by atoms with Gasteiger partial charge in [-0.25, -0.2) is 4.98 Å². The van der Waals surface area contributed by atoms with E-state index in [1.807, 2.05) is 58.3 Å². The van der Waals surface area contributed by atoms with E-state index in [1.54, 1.807) is 17.0 Å². The van der Waals surface area contributed by atoms with Crippen molar-refractivity contribution in [2.75, 3.05) is 32.1 Å². The van der Waals surface area contributed by atoms with Gasteiger partial charge in [-0.1, -0.05) is 29.0 Å². The quantitative estimate of drug-likeness (QED) is 0.422. The van der Waals surface area contributed by atoms with Crippen LogP contribution in [-0.4, -0.2) is 49.1 Å². The molecule has 0 spiro atoms. The van der Waals surface area contributed by atoms with Crippen molar-refractivity contribution in [3.63, 3.8) is 0 Å². The van der Waals surface area contributed by atoms with Crippen LogP contribution in [0, 0.1) is 0 Å². The van der Waals surface area contributed by atoms with Gasteiger partial charge in [-0.2, -0.15) is 0 Å². The summed E-state index contributed by atoms with van der Waals surface area (Å²) in [5, 5.41) is 1.26. The van der Waals surface area contributed by atoms with Crippen LogP contribution in [0.1, 0.15) is 30.6 Å². The molecule has 0 aliphatic heterocycles. The van der Waals surface area contributed by atoms with Crippen molar-refractivity contribution in [1.29, 1.82) is 0 Å². The summed E-state index contributed by atoms with van der Waals surface area (Å²) >= 11 is 7.78. The summed E-state index contributed by atoms with van der Waals surface area (Å²) in [6, 6.07) is 13.0. The second-order valence-electron chi connectivity index (χ2n) is 7.39. The highest BCUT2D eigenvalue weighted by atomic mass is 35.5. The number of hydrogen-bond acceptors (Lipinski definition) is 5. The van der Waals surface area contributed by atoms with Gasteiger partial charge in [-0.05, 0) is 77.3 Å². The largest absolute Gasteiger partial charge is 0.491 e. The fraction of sp³-hybridized carbons (Fsp3) is 0.364. The van der Waals surface area contributed by atoms with Crippen molar-refractivity contribution in [2.24, 2.45) is 0 Å². The summed E-state index contributed by atoms with van der Waals surface area (Å²) in [7, 11) is 4.05. The van der Waals surface area contributed by atoms with Gasteiger partial charge in [0.25, 0.3) is 5.91 Å². The summed E-state index contributed by atoms with van der Waals surface area (Å²) in [4.78, 5) is 21.8. The molecule has 1 heterocycles. The van der Waals surface area contributed by atoms with Crippen molar-refractivity contribution in [2.45, 2.75) is 26.4 Å². The molecule has 162 valence electrons. The Bertz CT molecular complexity index is 974. The molecule has 0 bridgehead atoms. The third-order valence-electron chi connectivity index (χ3n) is 4.29. The maximum Gasteiger partial charge on any atom is 0.260 e. The van der Waals surface area contributed by atoms with E-state index in [1.165, 1.54) is 11.3 Å². The zero-order valence-corrected chi connectivity index (χ0v) is 20.0. The van der Waals surface area contributed by atoms with Gasteiger partial charge in [0.2, 0.25) is 0 Å². The summed E-state index contributed by atoms with van der Waals surface area (Å²) in [5.74, 6) is 0.678. The smallest absolute Gasteiger partial charge is 0.260 e. The van der Waals surface area contributed by atoms with E-state index in [9.17, 15) is 4.79 Å². The minimum atomic E-state index is -0.0740. The van der Waals surface area contributed by atoms with Gasteiger partial charge in [0.1, 0.15) is 11.3 Å². The number of benzene rings is 2. The van der Waals surface area contributed by atoms with Crippen LogP contribution in [0.25, 0.3) is 10.2 Å². The highest BCUT2D eigenvalue weighted by molar-refractivity contribution is 7.22. The number of anilines is 1. The highest BCUT2D eigenvalue weighted by Crippen LogP contribution is 2.33. The highest BCUT2D eigenvalue weighted by Gasteiger charge is 2.22. The van der Waals surface area contributed by atoms with Crippen LogP contribution in [0.15, 0.2) is 42.5 Å². The lowest BCUT2D eigenvalue weighted by molar-refractivity contribution is 0.0986. The molecular formula is C22H27Cl2N3O2S. The molecule has 0 saturated carbocycles. The Kier molecular flexibility index (Phi) is 8.92. The third kappa shape index (κ3) is 6.08. The zero-order valence-electron chi connectivity index (χ0n) is 17.6. The molecule has 3 aromatic rings. The van der Waals surface area contributed by atoms with Crippen LogP contribution in [0.4, 0.5) is 5.13 Å². The predicted molar refractivity (Wildman–Crippen MR) is 129 cm³/mol. The summed E-state index contributed by atoms with van der Waals surface area (Å²) in [6.07, 6.45) is 0.934. The van der Waals surface area contributed by atoms with Crippen LogP contribution in [-0.2, 0) is 0 Å². The Morgan fingerprint density at radius 1 is 1.13 bits per heavy atom. The fourth-order valence-electron chi connectivity index (χ4n) is 2.95. The Labute approximate surface area is 193 Å². The normalized spacial score (nSPS) is 11.0. The lowest BCUT2D eigenvalue weighted by Crippen LogP contribution is -2.33. The molecule has 8 heteroatoms. The number of thiazole rings is 1. The SMILES string of the molecule is CC(C)Oc1ccc(C(=O)N(CCCN(C)C)c2nc3c(Cl)cccc3s2)cc1.Cl. The number of para-hydroxylation sites is 1. The topological polar surface area (TPSA) is 45.7 Å². The van der Waals surface area contributed by atoms with Crippen LogP contribution >= 0.6 is 35.3 Å². The molecule has 0 fully saturated rings. The fourth-order valence-corrected chi connectivity index (χ4v) is 4.24. The molecule has 3 rings (SSSR count). The molecule has 5 nitrogen and oxygen atoms in total. The molecule has 2 aromatic carbocycles. The molecule has 30 heavy (non-hydrogen) atoms. The Balaban J connectivity index is 0.00000320. The van der Waals surface area contributed by atoms with Crippen LogP contribution in [0.2, 0.25) is 5.02 Å². The monoisotopic (exact) mass is 467 g/mol. The first-order chi connectivity index (χ1) is 13.8. The summed E-state index contributed by atoms with van der Waals surface area (Å²) < 4.78 is 6.65. The first kappa shape index (κ1) is 24.4. The zero-order chi connectivity index (χ0) is 21.0. The first-order valence-corrected chi connectivity index (χ1v) is 10.8. The maximum atomic E-state index is 13.3. The predicted octanol–water partition coefficient (Wildman–Crippen LogP) is 5.76. The van der Waals surface area contributed by atoms with Gasteiger partial charge in [-0.15, -0.1) is 12.4 Å². The van der Waals surface area contributed by atoms with Crippen molar-refractivity contribution in [1.82, 2.24) is 9.88 Å². The van der Waals surface area contributed by atoms with E-state index < -0.39 is 0 Å². The minimum Gasteiger partial charge on any atom is -0.491 e. The number of halogens is 2. The Hall–Kier alpha value is -1.86. The van der Waals surface area contributed by atoms with Gasteiger partial charge in [0.15, 0.2) is 5.13 Å². The number of aromatic nitrogens is 1. The molecule has 0 saturated heterocycles. The van der Waals surface area contributed by atoms with Gasteiger partial charge < -0.3 is 9.64 Å². The molecule has 0 atom stereocenters. The Morgan fingerprint density at radius 3 is 2.43 bits per heavy atom. The van der Waals surface area contributed by atoms with E-state index >= 15 is 0 Å². The number of fused-ring (bicyclic) bond motifs is 1. The van der Waals surface area contributed by atoms with Gasteiger partial charge in [0, 0.05) is 12.1 Å². The van der Waals surface area contributed by atoms with E-state index in [0.717, 1.165) is 28.9 Å². The van der Waals surface area contributed by atoms with Crippen molar-refractivity contribution < 1.29 is 9.53 Å². The number of nitrogens with zero attached hydrogens (tertiary/aromatic N) is 3. The molecule has 1 amide bonds. The van der Waals surface area contributed by atoms with Crippen molar-refractivity contribution >= 4 is 56.6 Å². The Morgan fingerprint density at radius 2 is 1.83 bits per heavy atom. The maximum absolute atomic E-state index is 13.3. The molecular weight excluding hydrogens is 441 g/mol. The first-order valence-electron chi connectivity index (χ1n) is 9.63. The van der Waals surface area contributed by atoms with E-state index in [0.29, 0.717) is 22.3 Å². The lowest BCUT2D eigenvalue weighted by atomic mass is 10.2. The van der Waals surface area contributed by atoms with Gasteiger partial charge in [0.05, 0.1) is 15.8 Å². The lowest BCUT2D eigenvalue weighted by Gasteiger charge is -2.21. The van der Waals surface area contributed by atoms with E-state index in [4.69, 9.17) is 16.3 Å². The third-order valence-corrected chi connectivity index (χ3v) is 5.64. The van der Waals surface area contributed by atoms with Crippen LogP contribution in [0.5, 0.6) is 5.75 Å². The molecule has 0 radical (unpaired) electrons. The second-order valence-corrected chi connectivity index (χ2v) is 8.80. The summed E-state index contributed by atoms with van der Waals surface area (Å²) in [5.41, 5.74) is 1.34. The molecule has 0 aliphatic rings. The standard InChI is InChI=1S/C22H26ClN3O2S.ClH/c1-15(2)28-17-11-9-16(10-12-17)21(27)26(14-6-13-25(3)4)22-24-20-18(23)7-5-8-19(20)29-22;/h5,7-12,15H,6,13-14H2,1-4H3;1H.